The number of hydrogen-bond acceptors (Lipinski definition) is 6. The second kappa shape index (κ2) is 65.8. The maximum Gasteiger partial charge on any atom is 0.306 e. The molecule has 0 amide bonds. The molecule has 0 aromatic rings. The molecule has 0 N–H and O–H groups in total. The van der Waals surface area contributed by atoms with Crippen LogP contribution in [-0.2, 0) is 28.6 Å². The van der Waals surface area contributed by atoms with Crippen molar-refractivity contribution in [1.29, 1.82) is 0 Å². The Balaban J connectivity index is 4.32. The number of carbonyl (C=O) groups is 3. The van der Waals surface area contributed by atoms with Gasteiger partial charge in [-0.2, -0.15) is 0 Å². The van der Waals surface area contributed by atoms with Crippen LogP contribution in [0.4, 0.5) is 0 Å². The van der Waals surface area contributed by atoms with Gasteiger partial charge in [0.15, 0.2) is 6.10 Å². The van der Waals surface area contributed by atoms with E-state index in [1.165, 1.54) is 103 Å². The van der Waals surface area contributed by atoms with Crippen LogP contribution < -0.4 is 0 Å². The molecular formula is C73H118O6. The van der Waals surface area contributed by atoms with Crippen molar-refractivity contribution in [3.05, 3.63) is 146 Å². The summed E-state index contributed by atoms with van der Waals surface area (Å²) in [5, 5.41) is 0. The number of unbranched alkanes of at least 4 members (excludes halogenated alkanes) is 22. The topological polar surface area (TPSA) is 78.9 Å². The zero-order valence-corrected chi connectivity index (χ0v) is 51.1. The Morgan fingerprint density at radius 2 is 0.506 bits per heavy atom. The average Bonchev–Trinajstić information content (AvgIpc) is 3.45. The van der Waals surface area contributed by atoms with Crippen LogP contribution in [0.25, 0.3) is 0 Å². The van der Waals surface area contributed by atoms with Gasteiger partial charge in [0.1, 0.15) is 13.2 Å². The summed E-state index contributed by atoms with van der Waals surface area (Å²) in [6.07, 6.45) is 94.4. The van der Waals surface area contributed by atoms with Crippen molar-refractivity contribution >= 4 is 17.9 Å². The SMILES string of the molecule is CC/C=C\C/C=C\C/C=C\C/C=C\C/C=C\C/C=C\CCCCCCCCCCCCCCC(=O)OCC(COC(=O)CCCCCCC/C=C\CCCCCC)OC(=O)CCC/C=C\C/C=C\C/C=C\C/C=C\C/C=C\CC. The maximum absolute atomic E-state index is 12.9. The molecule has 0 aromatic carbocycles. The third-order valence-electron chi connectivity index (χ3n) is 13.3. The molecule has 0 aliphatic carbocycles. The quantitative estimate of drug-likeness (QED) is 0.0261. The first-order valence-electron chi connectivity index (χ1n) is 32.3. The predicted molar refractivity (Wildman–Crippen MR) is 343 cm³/mol. The van der Waals surface area contributed by atoms with E-state index in [1.807, 2.05) is 0 Å². The van der Waals surface area contributed by atoms with Crippen molar-refractivity contribution in [2.75, 3.05) is 13.2 Å². The molecule has 6 heteroatoms. The molecule has 0 aliphatic heterocycles. The summed E-state index contributed by atoms with van der Waals surface area (Å²) in [5.41, 5.74) is 0. The summed E-state index contributed by atoms with van der Waals surface area (Å²) >= 11 is 0. The first-order chi connectivity index (χ1) is 39.0. The van der Waals surface area contributed by atoms with Crippen LogP contribution in [0.5, 0.6) is 0 Å². The predicted octanol–water partition coefficient (Wildman–Crippen LogP) is 22.3. The average molecular weight is 1090 g/mol. The Labute approximate surface area is 487 Å². The molecule has 0 saturated carbocycles. The van der Waals surface area contributed by atoms with Gasteiger partial charge in [0.05, 0.1) is 0 Å². The van der Waals surface area contributed by atoms with E-state index in [4.69, 9.17) is 14.2 Å². The third kappa shape index (κ3) is 64.0. The molecule has 0 saturated heterocycles. The van der Waals surface area contributed by atoms with E-state index in [1.54, 1.807) is 0 Å². The van der Waals surface area contributed by atoms with Crippen molar-refractivity contribution in [1.82, 2.24) is 0 Å². The van der Waals surface area contributed by atoms with Gasteiger partial charge in [-0.25, -0.2) is 0 Å². The smallest absolute Gasteiger partial charge is 0.306 e. The number of esters is 3. The van der Waals surface area contributed by atoms with Crippen LogP contribution in [0.15, 0.2) is 146 Å². The van der Waals surface area contributed by atoms with Gasteiger partial charge in [-0.15, -0.1) is 0 Å². The van der Waals surface area contributed by atoms with Crippen molar-refractivity contribution in [2.45, 2.75) is 284 Å². The highest BCUT2D eigenvalue weighted by atomic mass is 16.6. The third-order valence-corrected chi connectivity index (χ3v) is 13.3. The summed E-state index contributed by atoms with van der Waals surface area (Å²) < 4.78 is 16.8. The van der Waals surface area contributed by atoms with Gasteiger partial charge in [-0.3, -0.25) is 14.4 Å². The molecule has 0 radical (unpaired) electrons. The second-order valence-electron chi connectivity index (χ2n) is 20.9. The lowest BCUT2D eigenvalue weighted by Crippen LogP contribution is -2.30. The van der Waals surface area contributed by atoms with Gasteiger partial charge in [0.2, 0.25) is 0 Å². The normalized spacial score (nSPS) is 13.1. The Bertz CT molecular complexity index is 1730. The molecule has 79 heavy (non-hydrogen) atoms. The molecule has 0 rings (SSSR count). The van der Waals surface area contributed by atoms with Crippen LogP contribution in [-0.4, -0.2) is 37.2 Å². The van der Waals surface area contributed by atoms with E-state index in [-0.39, 0.29) is 37.5 Å². The zero-order chi connectivity index (χ0) is 57.1. The highest BCUT2D eigenvalue weighted by Crippen LogP contribution is 2.15. The first-order valence-corrected chi connectivity index (χ1v) is 32.3. The van der Waals surface area contributed by atoms with Crippen molar-refractivity contribution in [3.63, 3.8) is 0 Å². The second-order valence-corrected chi connectivity index (χ2v) is 20.9. The number of allylic oxidation sites excluding steroid dienone is 24. The van der Waals surface area contributed by atoms with Crippen LogP contribution >= 0.6 is 0 Å². The molecule has 1 unspecified atom stereocenters. The van der Waals surface area contributed by atoms with Crippen molar-refractivity contribution in [2.24, 2.45) is 0 Å². The first kappa shape index (κ1) is 74.3. The van der Waals surface area contributed by atoms with Crippen LogP contribution in [0.1, 0.15) is 278 Å². The number of rotatable bonds is 57. The molecule has 446 valence electrons. The molecule has 1 atom stereocenters. The van der Waals surface area contributed by atoms with Gasteiger partial charge in [0, 0.05) is 19.3 Å². The van der Waals surface area contributed by atoms with E-state index in [0.717, 1.165) is 128 Å². The van der Waals surface area contributed by atoms with Gasteiger partial charge in [-0.1, -0.05) is 269 Å². The lowest BCUT2D eigenvalue weighted by atomic mass is 10.0. The van der Waals surface area contributed by atoms with Gasteiger partial charge >= 0.3 is 17.9 Å². The summed E-state index contributed by atoms with van der Waals surface area (Å²) in [6, 6.07) is 0. The molecule has 6 nitrogen and oxygen atoms in total. The zero-order valence-electron chi connectivity index (χ0n) is 51.1. The van der Waals surface area contributed by atoms with Gasteiger partial charge in [-0.05, 0) is 135 Å². The number of hydrogen-bond donors (Lipinski definition) is 0. The molecule has 0 aromatic heterocycles. The van der Waals surface area contributed by atoms with Gasteiger partial charge < -0.3 is 14.2 Å². The molecule has 0 heterocycles. The van der Waals surface area contributed by atoms with E-state index in [2.05, 4.69) is 167 Å². The number of ether oxygens (including phenoxy) is 3. The van der Waals surface area contributed by atoms with Crippen LogP contribution in [0.3, 0.4) is 0 Å². The van der Waals surface area contributed by atoms with Crippen molar-refractivity contribution < 1.29 is 28.6 Å². The van der Waals surface area contributed by atoms with Crippen molar-refractivity contribution in [3.8, 4) is 0 Å². The lowest BCUT2D eigenvalue weighted by molar-refractivity contribution is -0.167. The molecule has 0 spiro atoms. The Kier molecular flexibility index (Phi) is 61.9. The largest absolute Gasteiger partial charge is 0.462 e. The standard InChI is InChI=1S/C73H118O6/c1-4-7-10-13-16-19-22-25-27-29-30-31-32-33-34-35-36-37-38-39-40-41-42-44-45-48-51-54-57-60-63-66-72(75)78-69-70(68-77-71(74)65-62-59-56-53-50-47-24-21-18-15-12-9-6-3)79-73(76)67-64-61-58-55-52-49-46-43-28-26-23-20-17-14-11-8-5-2/h7-8,10-11,16-17,19-21,24-28,30-31,33-34,36-37,46,49,55,58,70H,4-6,9,12-15,18,22-23,29,32,35,38-45,47-48,50-54,56-57,59-69H2,1-3H3/b10-7-,11-8-,19-16-,20-17-,24-21-,27-25-,28-26-,31-30-,34-33-,37-36-,49-46-,58-55-. The summed E-state index contributed by atoms with van der Waals surface area (Å²) in [6.45, 7) is 6.34. The number of carbonyl (C=O) groups excluding carboxylic acids is 3. The maximum atomic E-state index is 12.9. The minimum absolute atomic E-state index is 0.108. The molecular weight excluding hydrogens is 973 g/mol. The summed E-state index contributed by atoms with van der Waals surface area (Å²) in [5.74, 6) is -0.978. The van der Waals surface area contributed by atoms with E-state index < -0.39 is 6.10 Å². The minimum Gasteiger partial charge on any atom is -0.462 e. The van der Waals surface area contributed by atoms with E-state index >= 15 is 0 Å². The van der Waals surface area contributed by atoms with Crippen LogP contribution in [0.2, 0.25) is 0 Å². The molecule has 0 aliphatic rings. The molecule has 0 bridgehead atoms. The molecule has 0 fully saturated rings. The fraction of sp³-hybridized carbons (Fsp3) is 0.630. The Morgan fingerprint density at radius 3 is 0.823 bits per heavy atom. The fourth-order valence-corrected chi connectivity index (χ4v) is 8.54. The fourth-order valence-electron chi connectivity index (χ4n) is 8.54. The lowest BCUT2D eigenvalue weighted by Gasteiger charge is -2.18. The summed E-state index contributed by atoms with van der Waals surface area (Å²) in [7, 11) is 0. The van der Waals surface area contributed by atoms with Crippen LogP contribution in [0, 0.1) is 0 Å². The van der Waals surface area contributed by atoms with E-state index in [9.17, 15) is 14.4 Å². The monoisotopic (exact) mass is 1090 g/mol. The highest BCUT2D eigenvalue weighted by Gasteiger charge is 2.19. The summed E-state index contributed by atoms with van der Waals surface area (Å²) in [4.78, 5) is 38.3. The highest BCUT2D eigenvalue weighted by molar-refractivity contribution is 5.71. The Morgan fingerprint density at radius 1 is 0.266 bits per heavy atom. The minimum atomic E-state index is -0.817. The van der Waals surface area contributed by atoms with E-state index in [0.29, 0.717) is 19.3 Å². The van der Waals surface area contributed by atoms with Gasteiger partial charge in [0.25, 0.3) is 0 Å². The Hall–Kier alpha value is -4.71.